The molecular formula is C8H9F3N2OS. The van der Waals surface area contributed by atoms with Crippen LogP contribution in [-0.2, 0) is 0 Å². The average Bonchev–Trinajstić information content (AvgIpc) is 2.15. The summed E-state index contributed by atoms with van der Waals surface area (Å²) in [6, 6.07) is 4.34. The van der Waals surface area contributed by atoms with Gasteiger partial charge in [0.25, 0.3) is 0 Å². The Labute approximate surface area is 88.8 Å². The maximum absolute atomic E-state index is 12.0. The van der Waals surface area contributed by atoms with E-state index >= 15 is 0 Å². The van der Waals surface area contributed by atoms with E-state index in [1.807, 2.05) is 0 Å². The van der Waals surface area contributed by atoms with Crippen LogP contribution >= 0.6 is 11.8 Å². The predicted octanol–water partition coefficient (Wildman–Crippen LogP) is 2.59. The Morgan fingerprint density at radius 1 is 1.40 bits per heavy atom. The zero-order chi connectivity index (χ0) is 11.5. The van der Waals surface area contributed by atoms with Crippen molar-refractivity contribution in [2.75, 3.05) is 11.7 Å². The molecule has 0 heterocycles. The van der Waals surface area contributed by atoms with Gasteiger partial charge in [0.2, 0.25) is 0 Å². The third-order valence-electron chi connectivity index (χ3n) is 1.57. The number of benzene rings is 1. The molecule has 1 aromatic rings. The van der Waals surface area contributed by atoms with Crippen molar-refractivity contribution in [1.29, 1.82) is 0 Å². The minimum Gasteiger partial charge on any atom is -0.403 e. The minimum absolute atomic E-state index is 0.0881. The number of hydrogen-bond donors (Lipinski definition) is 2. The van der Waals surface area contributed by atoms with E-state index in [1.54, 1.807) is 12.3 Å². The molecule has 0 fully saturated rings. The Morgan fingerprint density at radius 3 is 2.53 bits per heavy atom. The van der Waals surface area contributed by atoms with Gasteiger partial charge in [-0.25, -0.2) is 0 Å². The van der Waals surface area contributed by atoms with E-state index in [2.05, 4.69) is 10.2 Å². The van der Waals surface area contributed by atoms with Gasteiger partial charge in [0.15, 0.2) is 5.75 Å². The van der Waals surface area contributed by atoms with Crippen molar-refractivity contribution in [3.05, 3.63) is 18.2 Å². The fourth-order valence-corrected chi connectivity index (χ4v) is 1.39. The molecule has 3 nitrogen and oxygen atoms in total. The van der Waals surface area contributed by atoms with Crippen LogP contribution in [0.15, 0.2) is 23.1 Å². The molecule has 84 valence electrons. The second-order valence-corrected chi connectivity index (χ2v) is 3.43. The zero-order valence-electron chi connectivity index (χ0n) is 7.76. The lowest BCUT2D eigenvalue weighted by Crippen LogP contribution is -2.19. The van der Waals surface area contributed by atoms with Gasteiger partial charge in [0, 0.05) is 4.90 Å². The van der Waals surface area contributed by atoms with Gasteiger partial charge >= 0.3 is 6.36 Å². The highest BCUT2D eigenvalue weighted by atomic mass is 32.2. The molecule has 0 amide bonds. The number of thioether (sulfide) groups is 1. The van der Waals surface area contributed by atoms with Crippen LogP contribution in [0.2, 0.25) is 0 Å². The third-order valence-corrected chi connectivity index (χ3v) is 2.30. The van der Waals surface area contributed by atoms with Crippen molar-refractivity contribution >= 4 is 17.4 Å². The summed E-state index contributed by atoms with van der Waals surface area (Å²) in [5.41, 5.74) is 2.22. The van der Waals surface area contributed by atoms with Crippen LogP contribution in [0.1, 0.15) is 0 Å². The van der Waals surface area contributed by atoms with Crippen molar-refractivity contribution in [3.8, 4) is 5.75 Å². The lowest BCUT2D eigenvalue weighted by molar-refractivity contribution is -0.274. The van der Waals surface area contributed by atoms with E-state index in [9.17, 15) is 13.2 Å². The first-order valence-electron chi connectivity index (χ1n) is 3.86. The summed E-state index contributed by atoms with van der Waals surface area (Å²) in [7, 11) is 0. The molecule has 0 spiro atoms. The Morgan fingerprint density at radius 2 is 2.07 bits per heavy atom. The number of ether oxygens (including phenoxy) is 1. The smallest absolute Gasteiger partial charge is 0.403 e. The van der Waals surface area contributed by atoms with E-state index in [4.69, 9.17) is 5.84 Å². The van der Waals surface area contributed by atoms with Crippen LogP contribution in [0.5, 0.6) is 5.75 Å². The minimum atomic E-state index is -4.72. The predicted molar refractivity (Wildman–Crippen MR) is 52.7 cm³/mol. The van der Waals surface area contributed by atoms with Crippen LogP contribution in [-0.4, -0.2) is 12.6 Å². The SMILES string of the molecule is CSc1ccc(NN)c(OC(F)(F)F)c1. The number of nitrogens with two attached hydrogens (primary N) is 1. The van der Waals surface area contributed by atoms with E-state index < -0.39 is 6.36 Å². The first-order valence-corrected chi connectivity index (χ1v) is 5.09. The van der Waals surface area contributed by atoms with Gasteiger partial charge in [-0.2, -0.15) is 0 Å². The highest BCUT2D eigenvalue weighted by Crippen LogP contribution is 2.32. The van der Waals surface area contributed by atoms with Gasteiger partial charge in [-0.15, -0.1) is 24.9 Å². The Hall–Kier alpha value is -1.08. The summed E-state index contributed by atoms with van der Waals surface area (Å²) >= 11 is 1.31. The lowest BCUT2D eigenvalue weighted by Gasteiger charge is -2.13. The van der Waals surface area contributed by atoms with Crippen molar-refractivity contribution in [1.82, 2.24) is 0 Å². The van der Waals surface area contributed by atoms with Crippen LogP contribution in [0, 0.1) is 0 Å². The molecule has 0 aliphatic heterocycles. The fourth-order valence-electron chi connectivity index (χ4n) is 0.958. The van der Waals surface area contributed by atoms with Crippen LogP contribution in [0.25, 0.3) is 0 Å². The quantitative estimate of drug-likeness (QED) is 0.482. The molecule has 1 rings (SSSR count). The highest BCUT2D eigenvalue weighted by Gasteiger charge is 2.32. The number of rotatable bonds is 3. The third kappa shape index (κ3) is 3.52. The Bertz CT molecular complexity index is 343. The van der Waals surface area contributed by atoms with Gasteiger partial charge < -0.3 is 10.2 Å². The summed E-state index contributed by atoms with van der Waals surface area (Å²) in [6.45, 7) is 0. The van der Waals surface area contributed by atoms with Crippen molar-refractivity contribution in [3.63, 3.8) is 0 Å². The molecule has 0 aliphatic carbocycles. The second kappa shape index (κ2) is 4.63. The van der Waals surface area contributed by atoms with E-state index in [0.717, 1.165) is 0 Å². The molecule has 0 saturated heterocycles. The van der Waals surface area contributed by atoms with Crippen molar-refractivity contribution < 1.29 is 17.9 Å². The van der Waals surface area contributed by atoms with Crippen molar-refractivity contribution in [2.45, 2.75) is 11.3 Å². The van der Waals surface area contributed by atoms with Gasteiger partial charge in [-0.1, -0.05) is 0 Å². The number of hydrogen-bond acceptors (Lipinski definition) is 4. The summed E-state index contributed by atoms with van der Waals surface area (Å²) < 4.78 is 39.8. The molecule has 7 heteroatoms. The van der Waals surface area contributed by atoms with Gasteiger partial charge in [0.05, 0.1) is 5.69 Å². The standard InChI is InChI=1S/C8H9F3N2OS/c1-15-5-2-3-6(13-12)7(4-5)14-8(9,10)11/h2-4,13H,12H2,1H3. The molecule has 0 aromatic heterocycles. The Balaban J connectivity index is 3.01. The largest absolute Gasteiger partial charge is 0.573 e. The number of alkyl halides is 3. The molecule has 1 aromatic carbocycles. The first-order chi connectivity index (χ1) is 6.96. The normalized spacial score (nSPS) is 11.3. The van der Waals surface area contributed by atoms with Gasteiger partial charge in [-0.05, 0) is 24.5 Å². The number of halogens is 3. The van der Waals surface area contributed by atoms with E-state index in [1.165, 1.54) is 23.9 Å². The summed E-state index contributed by atoms with van der Waals surface area (Å²) in [6.07, 6.45) is -2.97. The average molecular weight is 238 g/mol. The topological polar surface area (TPSA) is 47.3 Å². The monoisotopic (exact) mass is 238 g/mol. The first kappa shape index (κ1) is 12.0. The van der Waals surface area contributed by atoms with Crippen LogP contribution in [0.4, 0.5) is 18.9 Å². The number of anilines is 1. The molecule has 3 N–H and O–H groups in total. The lowest BCUT2D eigenvalue weighted by atomic mass is 10.3. The molecule has 15 heavy (non-hydrogen) atoms. The summed E-state index contributed by atoms with van der Waals surface area (Å²) in [5.74, 6) is 4.72. The number of nitrogens with one attached hydrogen (secondary N) is 1. The zero-order valence-corrected chi connectivity index (χ0v) is 8.58. The van der Waals surface area contributed by atoms with Crippen LogP contribution < -0.4 is 16.0 Å². The highest BCUT2D eigenvalue weighted by molar-refractivity contribution is 7.98. The Kier molecular flexibility index (Phi) is 3.70. The van der Waals surface area contributed by atoms with E-state index in [0.29, 0.717) is 4.90 Å². The molecular weight excluding hydrogens is 229 g/mol. The summed E-state index contributed by atoms with van der Waals surface area (Å²) in [4.78, 5) is 0.660. The molecule has 0 atom stereocenters. The second-order valence-electron chi connectivity index (χ2n) is 2.55. The van der Waals surface area contributed by atoms with E-state index in [-0.39, 0.29) is 11.4 Å². The van der Waals surface area contributed by atoms with Gasteiger partial charge in [-0.3, -0.25) is 5.84 Å². The maximum Gasteiger partial charge on any atom is 0.573 e. The number of nitrogen functional groups attached to an aromatic ring is 1. The molecule has 0 bridgehead atoms. The summed E-state index contributed by atoms with van der Waals surface area (Å²) in [5, 5.41) is 0. The van der Waals surface area contributed by atoms with Crippen LogP contribution in [0.3, 0.4) is 0 Å². The molecule has 0 radical (unpaired) electrons. The van der Waals surface area contributed by atoms with Gasteiger partial charge in [0.1, 0.15) is 0 Å². The number of hydrazine groups is 1. The molecule has 0 unspecified atom stereocenters. The molecule has 0 aliphatic rings. The molecule has 0 saturated carbocycles. The van der Waals surface area contributed by atoms with Crippen molar-refractivity contribution in [2.24, 2.45) is 5.84 Å². The fraction of sp³-hybridized carbons (Fsp3) is 0.250. The maximum atomic E-state index is 12.0.